The van der Waals surface area contributed by atoms with E-state index in [9.17, 15) is 0 Å². The molecule has 0 unspecified atom stereocenters. The van der Waals surface area contributed by atoms with Crippen molar-refractivity contribution in [1.82, 2.24) is 0 Å². The van der Waals surface area contributed by atoms with E-state index in [2.05, 4.69) is 69.4 Å². The molecule has 2 aromatic rings. The van der Waals surface area contributed by atoms with Gasteiger partial charge in [-0.25, -0.2) is 0 Å². The molecule has 5 heteroatoms. The van der Waals surface area contributed by atoms with Crippen LogP contribution in [0.25, 0.3) is 11.1 Å². The molecule has 0 atom stereocenters. The Labute approximate surface area is 151 Å². The van der Waals surface area contributed by atoms with Gasteiger partial charge >= 0.3 is 0 Å². The fraction of sp³-hybridized carbons (Fsp3) is 0.250. The molecule has 21 heavy (non-hydrogen) atoms. The van der Waals surface area contributed by atoms with Gasteiger partial charge in [0.25, 0.3) is 0 Å². The molecule has 3 aliphatic rings. The lowest BCUT2D eigenvalue weighted by molar-refractivity contribution is 0.0764. The van der Waals surface area contributed by atoms with Crippen molar-refractivity contribution in [2.24, 2.45) is 0 Å². The van der Waals surface area contributed by atoms with Gasteiger partial charge in [0.05, 0.1) is 13.2 Å². The maximum absolute atomic E-state index is 5.70. The summed E-state index contributed by atoms with van der Waals surface area (Å²) in [6, 6.07) is 12.4. The van der Waals surface area contributed by atoms with E-state index in [-0.39, 0.29) is 0 Å². The molecule has 3 aliphatic heterocycles. The minimum absolute atomic E-state index is 0.552. The van der Waals surface area contributed by atoms with Crippen molar-refractivity contribution in [3.05, 3.63) is 43.5 Å². The predicted molar refractivity (Wildman–Crippen MR) is 99.1 cm³/mol. The van der Waals surface area contributed by atoms with E-state index in [0.29, 0.717) is 26.4 Å². The molecule has 0 spiro atoms. The third-order valence-electron chi connectivity index (χ3n) is 3.16. The van der Waals surface area contributed by atoms with E-state index >= 15 is 0 Å². The summed E-state index contributed by atoms with van der Waals surface area (Å²) in [5.74, 6) is 1.76. The normalized spacial score (nSPS) is 15.0. The van der Waals surface area contributed by atoms with Gasteiger partial charge in [-0.2, -0.15) is 0 Å². The largest absolute Gasteiger partial charge is 0.491 e. The maximum atomic E-state index is 5.70. The van der Waals surface area contributed by atoms with Crippen molar-refractivity contribution >= 4 is 45.2 Å². The Balaban J connectivity index is 2.02. The molecule has 0 fully saturated rings. The monoisotopic (exact) mass is 508 g/mol. The minimum Gasteiger partial charge on any atom is -0.491 e. The zero-order valence-electron chi connectivity index (χ0n) is 11.3. The number of fused-ring (bicyclic) bond motifs is 2. The summed E-state index contributed by atoms with van der Waals surface area (Å²) in [7, 11) is 0. The van der Waals surface area contributed by atoms with Crippen LogP contribution in [-0.4, -0.2) is 26.4 Å². The highest BCUT2D eigenvalue weighted by Crippen LogP contribution is 2.33. The number of benzene rings is 2. The number of halogens is 2. The average molecular weight is 508 g/mol. The van der Waals surface area contributed by atoms with Crippen molar-refractivity contribution in [2.45, 2.75) is 0 Å². The first-order valence-corrected chi connectivity index (χ1v) is 8.82. The average Bonchev–Trinajstić information content (AvgIpc) is 2.48. The van der Waals surface area contributed by atoms with Crippen LogP contribution in [0.1, 0.15) is 0 Å². The lowest BCUT2D eigenvalue weighted by Crippen LogP contribution is -2.12. The molecule has 3 heterocycles. The van der Waals surface area contributed by atoms with Crippen molar-refractivity contribution < 1.29 is 14.2 Å². The Hall–Kier alpha value is -0.540. The summed E-state index contributed by atoms with van der Waals surface area (Å²) >= 11 is 4.70. The standard InChI is InChI=1S/C16H14I2O3/c17-15-9-11-1-3-13(15)14-4-2-12(10-16(14)18)21-8-6-19-5-7-20-11/h1-4,9-10H,5-8H2. The van der Waals surface area contributed by atoms with Crippen LogP contribution in [0.3, 0.4) is 0 Å². The SMILES string of the molecule is Ic1cc2ccc1-c1ccc(cc1I)OCCOCCO2. The van der Waals surface area contributed by atoms with Crippen LogP contribution in [0.5, 0.6) is 11.5 Å². The molecule has 4 bridgehead atoms. The van der Waals surface area contributed by atoms with Crippen molar-refractivity contribution in [3.63, 3.8) is 0 Å². The number of rotatable bonds is 0. The molecule has 0 N–H and O–H groups in total. The van der Waals surface area contributed by atoms with Gasteiger partial charge in [0.1, 0.15) is 24.7 Å². The second kappa shape index (κ2) is 7.15. The molecule has 5 rings (SSSR count). The smallest absolute Gasteiger partial charge is 0.120 e. The van der Waals surface area contributed by atoms with E-state index in [1.54, 1.807) is 0 Å². The van der Waals surface area contributed by atoms with Crippen molar-refractivity contribution in [3.8, 4) is 22.6 Å². The minimum atomic E-state index is 0.552. The van der Waals surface area contributed by atoms with Crippen LogP contribution in [0, 0.1) is 7.14 Å². The third kappa shape index (κ3) is 3.81. The molecule has 0 aromatic heterocycles. The highest BCUT2D eigenvalue weighted by atomic mass is 127. The third-order valence-corrected chi connectivity index (χ3v) is 4.95. The fourth-order valence-corrected chi connectivity index (χ4v) is 3.70. The van der Waals surface area contributed by atoms with E-state index in [1.807, 2.05) is 12.1 Å². The summed E-state index contributed by atoms with van der Waals surface area (Å²) in [5, 5.41) is 0. The lowest BCUT2D eigenvalue weighted by atomic mass is 10.1. The summed E-state index contributed by atoms with van der Waals surface area (Å²) in [4.78, 5) is 0. The summed E-state index contributed by atoms with van der Waals surface area (Å²) in [6.07, 6.45) is 0. The van der Waals surface area contributed by atoms with Gasteiger partial charge in [0.15, 0.2) is 0 Å². The van der Waals surface area contributed by atoms with Gasteiger partial charge < -0.3 is 14.2 Å². The van der Waals surface area contributed by atoms with Gasteiger partial charge in [-0.1, -0.05) is 0 Å². The van der Waals surface area contributed by atoms with Crippen molar-refractivity contribution in [1.29, 1.82) is 0 Å². The van der Waals surface area contributed by atoms with Gasteiger partial charge in [0.2, 0.25) is 0 Å². The zero-order valence-corrected chi connectivity index (χ0v) is 15.6. The van der Waals surface area contributed by atoms with Crippen LogP contribution >= 0.6 is 45.2 Å². The Morgan fingerprint density at radius 2 is 1.14 bits per heavy atom. The zero-order chi connectivity index (χ0) is 14.7. The topological polar surface area (TPSA) is 27.7 Å². The van der Waals surface area contributed by atoms with Crippen LogP contribution in [0.4, 0.5) is 0 Å². The van der Waals surface area contributed by atoms with Crippen LogP contribution in [0.2, 0.25) is 0 Å². The van der Waals surface area contributed by atoms with E-state index in [1.165, 1.54) is 18.3 Å². The molecule has 0 saturated carbocycles. The molecule has 0 aliphatic carbocycles. The highest BCUT2D eigenvalue weighted by Gasteiger charge is 2.10. The van der Waals surface area contributed by atoms with Gasteiger partial charge in [-0.3, -0.25) is 0 Å². The molecule has 110 valence electrons. The van der Waals surface area contributed by atoms with Crippen LogP contribution in [0.15, 0.2) is 36.4 Å². The molecular weight excluding hydrogens is 494 g/mol. The lowest BCUT2D eigenvalue weighted by Gasteiger charge is -2.11. The van der Waals surface area contributed by atoms with Gasteiger partial charge in [-0.15, -0.1) is 0 Å². The Morgan fingerprint density at radius 3 is 1.57 bits per heavy atom. The second-order valence-corrected chi connectivity index (χ2v) is 6.92. The molecule has 3 nitrogen and oxygen atoms in total. The molecular formula is C16H14I2O3. The number of ether oxygens (including phenoxy) is 3. The Bertz CT molecular complexity index is 588. The second-order valence-electron chi connectivity index (χ2n) is 4.59. The Morgan fingerprint density at radius 1 is 0.667 bits per heavy atom. The first-order valence-electron chi connectivity index (χ1n) is 6.67. The van der Waals surface area contributed by atoms with E-state index in [0.717, 1.165) is 11.5 Å². The molecule has 2 aromatic carbocycles. The first kappa shape index (κ1) is 15.4. The quantitative estimate of drug-likeness (QED) is 0.496. The number of hydrogen-bond donors (Lipinski definition) is 0. The number of hydrogen-bond acceptors (Lipinski definition) is 3. The molecule has 0 amide bonds. The molecule has 0 saturated heterocycles. The van der Waals surface area contributed by atoms with E-state index in [4.69, 9.17) is 14.2 Å². The summed E-state index contributed by atoms with van der Waals surface area (Å²) in [5.41, 5.74) is 2.43. The maximum Gasteiger partial charge on any atom is 0.120 e. The van der Waals surface area contributed by atoms with Crippen LogP contribution in [-0.2, 0) is 4.74 Å². The fourth-order valence-electron chi connectivity index (χ4n) is 2.15. The Kier molecular flexibility index (Phi) is 5.23. The first-order chi connectivity index (χ1) is 10.2. The highest BCUT2D eigenvalue weighted by molar-refractivity contribution is 14.1. The summed E-state index contributed by atoms with van der Waals surface area (Å²) < 4.78 is 19.2. The van der Waals surface area contributed by atoms with Crippen molar-refractivity contribution in [2.75, 3.05) is 26.4 Å². The van der Waals surface area contributed by atoms with Gasteiger partial charge in [-0.05, 0) is 92.7 Å². The van der Waals surface area contributed by atoms with Gasteiger partial charge in [0, 0.05) is 7.14 Å². The van der Waals surface area contributed by atoms with Crippen LogP contribution < -0.4 is 9.47 Å². The van der Waals surface area contributed by atoms with E-state index < -0.39 is 0 Å². The predicted octanol–water partition coefficient (Wildman–Crippen LogP) is 4.35. The molecule has 0 radical (unpaired) electrons. The summed E-state index contributed by atoms with van der Waals surface area (Å²) in [6.45, 7) is 2.24.